The predicted molar refractivity (Wildman–Crippen MR) is 75.0 cm³/mol. The van der Waals surface area contributed by atoms with Gasteiger partial charge in [0.1, 0.15) is 5.71 Å². The van der Waals surface area contributed by atoms with Crippen LogP contribution in [-0.2, 0) is 16.1 Å². The number of amides is 1. The van der Waals surface area contributed by atoms with Gasteiger partial charge in [0.25, 0.3) is 5.91 Å². The summed E-state index contributed by atoms with van der Waals surface area (Å²) < 4.78 is 5.71. The second-order valence-corrected chi connectivity index (χ2v) is 5.48. The average molecular weight is 290 g/mol. The van der Waals surface area contributed by atoms with Crippen LogP contribution in [0.2, 0.25) is 0 Å². The number of carbonyl (C=O) groups is 1. The summed E-state index contributed by atoms with van der Waals surface area (Å²) in [7, 11) is 0. The van der Waals surface area contributed by atoms with Crippen molar-refractivity contribution in [3.8, 4) is 0 Å². The van der Waals surface area contributed by atoms with E-state index in [-0.39, 0.29) is 25.2 Å². The molecular weight excluding hydrogens is 272 g/mol. The normalized spacial score (nSPS) is 30.7. The predicted octanol–water partition coefficient (Wildman–Crippen LogP) is 0.769. The Labute approximate surface area is 122 Å². The SMILES string of the molecule is O=C1N(Cc2ccccc2)C/C(=N\O)[C@@]12CC[C@@H](CO)O2. The van der Waals surface area contributed by atoms with Crippen molar-refractivity contribution in [1.29, 1.82) is 0 Å². The lowest BCUT2D eigenvalue weighted by atomic mass is 9.96. The van der Waals surface area contributed by atoms with Crippen molar-refractivity contribution < 1.29 is 19.8 Å². The summed E-state index contributed by atoms with van der Waals surface area (Å²) in [6.45, 7) is 0.572. The summed E-state index contributed by atoms with van der Waals surface area (Å²) in [4.78, 5) is 14.3. The molecule has 2 aliphatic rings. The number of carbonyl (C=O) groups excluding carboxylic acids is 1. The highest BCUT2D eigenvalue weighted by Gasteiger charge is 2.57. The minimum absolute atomic E-state index is 0.133. The van der Waals surface area contributed by atoms with Gasteiger partial charge in [-0.3, -0.25) is 4.79 Å². The Morgan fingerprint density at radius 1 is 1.38 bits per heavy atom. The fraction of sp³-hybridized carbons (Fsp3) is 0.467. The molecule has 2 fully saturated rings. The minimum atomic E-state index is -1.18. The number of hydrogen-bond acceptors (Lipinski definition) is 5. The van der Waals surface area contributed by atoms with Gasteiger partial charge >= 0.3 is 0 Å². The maximum atomic E-state index is 12.7. The lowest BCUT2D eigenvalue weighted by molar-refractivity contribution is -0.145. The summed E-state index contributed by atoms with van der Waals surface area (Å²) in [5.74, 6) is -0.185. The van der Waals surface area contributed by atoms with E-state index in [1.54, 1.807) is 4.90 Å². The van der Waals surface area contributed by atoms with Crippen LogP contribution in [0.4, 0.5) is 0 Å². The van der Waals surface area contributed by atoms with E-state index in [9.17, 15) is 15.1 Å². The molecule has 0 aliphatic carbocycles. The molecule has 2 aliphatic heterocycles. The van der Waals surface area contributed by atoms with Crippen LogP contribution in [0.25, 0.3) is 0 Å². The van der Waals surface area contributed by atoms with Gasteiger partial charge in [-0.1, -0.05) is 35.5 Å². The molecular formula is C15H18N2O4. The van der Waals surface area contributed by atoms with Gasteiger partial charge in [0.05, 0.1) is 19.3 Å². The zero-order chi connectivity index (χ0) is 14.9. The third kappa shape index (κ3) is 2.30. The number of aliphatic hydroxyl groups is 1. The summed E-state index contributed by atoms with van der Waals surface area (Å²) in [5.41, 5.74) is 0.160. The van der Waals surface area contributed by atoms with Crippen LogP contribution in [0, 0.1) is 0 Å². The molecule has 6 nitrogen and oxygen atoms in total. The maximum absolute atomic E-state index is 12.7. The van der Waals surface area contributed by atoms with Crippen LogP contribution in [0.1, 0.15) is 18.4 Å². The Bertz CT molecular complexity index is 560. The number of benzene rings is 1. The van der Waals surface area contributed by atoms with E-state index >= 15 is 0 Å². The molecule has 1 amide bonds. The summed E-state index contributed by atoms with van der Waals surface area (Å²) in [6.07, 6.45) is 0.657. The fourth-order valence-corrected chi connectivity index (χ4v) is 3.07. The third-order valence-corrected chi connectivity index (χ3v) is 4.17. The smallest absolute Gasteiger partial charge is 0.261 e. The number of oxime groups is 1. The van der Waals surface area contributed by atoms with Crippen molar-refractivity contribution in [2.45, 2.75) is 31.1 Å². The molecule has 0 unspecified atom stereocenters. The molecule has 0 radical (unpaired) electrons. The van der Waals surface area contributed by atoms with Crippen LogP contribution < -0.4 is 0 Å². The molecule has 2 atom stereocenters. The van der Waals surface area contributed by atoms with Crippen LogP contribution >= 0.6 is 0 Å². The molecule has 1 spiro atoms. The van der Waals surface area contributed by atoms with E-state index in [0.29, 0.717) is 25.1 Å². The minimum Gasteiger partial charge on any atom is -0.411 e. The van der Waals surface area contributed by atoms with E-state index in [2.05, 4.69) is 5.16 Å². The van der Waals surface area contributed by atoms with Crippen molar-refractivity contribution in [2.24, 2.45) is 5.16 Å². The summed E-state index contributed by atoms with van der Waals surface area (Å²) in [5, 5.41) is 21.7. The Hall–Kier alpha value is -1.92. The number of nitrogens with zero attached hydrogens (tertiary/aromatic N) is 2. The van der Waals surface area contributed by atoms with Crippen molar-refractivity contribution in [3.05, 3.63) is 35.9 Å². The Morgan fingerprint density at radius 2 is 2.14 bits per heavy atom. The first-order valence-corrected chi connectivity index (χ1v) is 7.03. The average Bonchev–Trinajstić information content (AvgIpc) is 3.06. The topological polar surface area (TPSA) is 82.4 Å². The molecule has 2 saturated heterocycles. The molecule has 1 aromatic rings. The Morgan fingerprint density at radius 3 is 2.76 bits per heavy atom. The monoisotopic (exact) mass is 290 g/mol. The van der Waals surface area contributed by atoms with Crippen molar-refractivity contribution in [3.63, 3.8) is 0 Å². The second kappa shape index (κ2) is 5.46. The van der Waals surface area contributed by atoms with Gasteiger partial charge < -0.3 is 20.0 Å². The quantitative estimate of drug-likeness (QED) is 0.636. The summed E-state index contributed by atoms with van der Waals surface area (Å²) >= 11 is 0. The van der Waals surface area contributed by atoms with E-state index in [4.69, 9.17) is 4.74 Å². The first kappa shape index (κ1) is 14.0. The van der Waals surface area contributed by atoms with Gasteiger partial charge in [-0.2, -0.15) is 0 Å². The van der Waals surface area contributed by atoms with Gasteiger partial charge in [-0.05, 0) is 18.4 Å². The van der Waals surface area contributed by atoms with Gasteiger partial charge in [0.2, 0.25) is 0 Å². The number of ether oxygens (including phenoxy) is 1. The molecule has 0 aromatic heterocycles. The molecule has 1 aromatic carbocycles. The Balaban J connectivity index is 1.82. The number of aliphatic hydroxyl groups excluding tert-OH is 1. The van der Waals surface area contributed by atoms with Crippen LogP contribution in [0.3, 0.4) is 0 Å². The summed E-state index contributed by atoms with van der Waals surface area (Å²) in [6, 6.07) is 9.64. The first-order chi connectivity index (χ1) is 10.2. The van der Waals surface area contributed by atoms with E-state index < -0.39 is 5.60 Å². The van der Waals surface area contributed by atoms with Gasteiger partial charge in [0.15, 0.2) is 5.60 Å². The standard InChI is InChI=1S/C15H18N2O4/c18-10-12-6-7-15(21-12)13(16-20)9-17(14(15)19)8-11-4-2-1-3-5-11/h1-5,12,18,20H,6-10H2/b16-13+/t12-,15-/m0/s1. The third-order valence-electron chi connectivity index (χ3n) is 4.17. The van der Waals surface area contributed by atoms with E-state index in [0.717, 1.165) is 5.56 Å². The van der Waals surface area contributed by atoms with Crippen LogP contribution in [0.15, 0.2) is 35.5 Å². The highest BCUT2D eigenvalue weighted by Crippen LogP contribution is 2.38. The number of rotatable bonds is 3. The van der Waals surface area contributed by atoms with Crippen LogP contribution in [0.5, 0.6) is 0 Å². The van der Waals surface area contributed by atoms with Gasteiger partial charge in [-0.25, -0.2) is 0 Å². The van der Waals surface area contributed by atoms with Crippen molar-refractivity contribution in [1.82, 2.24) is 4.90 Å². The molecule has 2 heterocycles. The molecule has 0 saturated carbocycles. The largest absolute Gasteiger partial charge is 0.411 e. The van der Waals surface area contributed by atoms with Gasteiger partial charge in [0, 0.05) is 6.54 Å². The second-order valence-electron chi connectivity index (χ2n) is 5.48. The highest BCUT2D eigenvalue weighted by atomic mass is 16.5. The zero-order valence-corrected chi connectivity index (χ0v) is 11.6. The zero-order valence-electron chi connectivity index (χ0n) is 11.6. The van der Waals surface area contributed by atoms with Crippen molar-refractivity contribution in [2.75, 3.05) is 13.2 Å². The van der Waals surface area contributed by atoms with Gasteiger partial charge in [-0.15, -0.1) is 0 Å². The first-order valence-electron chi connectivity index (χ1n) is 7.03. The number of hydrogen-bond donors (Lipinski definition) is 2. The molecule has 2 N–H and O–H groups in total. The van der Waals surface area contributed by atoms with E-state index in [1.807, 2.05) is 30.3 Å². The highest BCUT2D eigenvalue weighted by molar-refractivity contribution is 6.18. The lowest BCUT2D eigenvalue weighted by Crippen LogP contribution is -2.44. The molecule has 21 heavy (non-hydrogen) atoms. The fourth-order valence-electron chi connectivity index (χ4n) is 3.07. The van der Waals surface area contributed by atoms with Crippen molar-refractivity contribution >= 4 is 11.6 Å². The van der Waals surface area contributed by atoms with E-state index in [1.165, 1.54) is 0 Å². The maximum Gasteiger partial charge on any atom is 0.261 e. The number of likely N-dealkylation sites (tertiary alicyclic amines) is 1. The molecule has 3 rings (SSSR count). The molecule has 112 valence electrons. The molecule has 6 heteroatoms. The van der Waals surface area contributed by atoms with Crippen LogP contribution in [-0.4, -0.2) is 51.7 Å². The molecule has 0 bridgehead atoms. The Kier molecular flexibility index (Phi) is 3.65. The lowest BCUT2D eigenvalue weighted by Gasteiger charge is -2.22.